The number of anilines is 2. The normalized spacial score (nSPS) is 10.9. The number of methoxy groups -OCH3 is 1. The average Bonchev–Trinajstić information content (AvgIpc) is 3.49. The SMILES string of the molecule is CCCCCCCCCCCCCCCCOc1ccc(NC(=O)Nc2ccc(C[n+]3ccsc3)cc2)cc1OC. The third-order valence-electron chi connectivity index (χ3n) is 7.28. The minimum atomic E-state index is -0.303. The number of unbranched alkanes of at least 4 members (excludes halogenated alkanes) is 13. The van der Waals surface area contributed by atoms with Gasteiger partial charge in [0.25, 0.3) is 0 Å². The monoisotopic (exact) mass is 580 g/mol. The maximum Gasteiger partial charge on any atom is 0.323 e. The summed E-state index contributed by atoms with van der Waals surface area (Å²) < 4.78 is 13.6. The molecule has 0 saturated carbocycles. The van der Waals surface area contributed by atoms with Crippen molar-refractivity contribution in [2.45, 2.75) is 103 Å². The molecule has 224 valence electrons. The summed E-state index contributed by atoms with van der Waals surface area (Å²) in [6, 6.07) is 13.1. The van der Waals surface area contributed by atoms with Crippen molar-refractivity contribution in [1.29, 1.82) is 0 Å². The number of rotatable bonds is 21. The fourth-order valence-electron chi connectivity index (χ4n) is 4.89. The number of ether oxygens (including phenoxy) is 2. The van der Waals surface area contributed by atoms with Gasteiger partial charge in [-0.2, -0.15) is 4.57 Å². The van der Waals surface area contributed by atoms with Gasteiger partial charge in [-0.3, -0.25) is 0 Å². The minimum absolute atomic E-state index is 0.303. The van der Waals surface area contributed by atoms with Gasteiger partial charge in [0.2, 0.25) is 5.51 Å². The molecule has 0 aliphatic rings. The number of urea groups is 1. The smallest absolute Gasteiger partial charge is 0.323 e. The molecule has 6 nitrogen and oxygen atoms in total. The van der Waals surface area contributed by atoms with E-state index in [1.807, 2.05) is 36.4 Å². The summed E-state index contributed by atoms with van der Waals surface area (Å²) in [5, 5.41) is 7.81. The van der Waals surface area contributed by atoms with Crippen molar-refractivity contribution in [2.75, 3.05) is 24.4 Å². The van der Waals surface area contributed by atoms with Crippen LogP contribution in [-0.4, -0.2) is 19.7 Å². The molecule has 0 atom stereocenters. The third-order valence-corrected chi connectivity index (χ3v) is 7.95. The molecule has 1 heterocycles. The molecule has 1 aromatic heterocycles. The first-order valence-corrected chi connectivity index (χ1v) is 16.5. The Morgan fingerprint density at radius 1 is 0.756 bits per heavy atom. The van der Waals surface area contributed by atoms with Gasteiger partial charge in [0.05, 0.1) is 19.1 Å². The summed E-state index contributed by atoms with van der Waals surface area (Å²) in [6.07, 6.45) is 20.8. The quantitative estimate of drug-likeness (QED) is 0.0974. The predicted octanol–water partition coefficient (Wildman–Crippen LogP) is 9.60. The number of carbonyl (C=O) groups excluding carboxylic acids is 1. The van der Waals surface area contributed by atoms with Crippen LogP contribution in [0.25, 0.3) is 0 Å². The lowest BCUT2D eigenvalue weighted by Crippen LogP contribution is -2.30. The Morgan fingerprint density at radius 2 is 1.34 bits per heavy atom. The molecule has 2 amide bonds. The maximum atomic E-state index is 12.5. The first-order valence-electron chi connectivity index (χ1n) is 15.6. The highest BCUT2D eigenvalue weighted by Crippen LogP contribution is 2.30. The Hall–Kier alpha value is -3.06. The van der Waals surface area contributed by atoms with Crippen LogP contribution in [0.4, 0.5) is 16.2 Å². The second-order valence-electron chi connectivity index (χ2n) is 10.8. The number of benzene rings is 2. The van der Waals surface area contributed by atoms with Crippen LogP contribution >= 0.6 is 11.3 Å². The molecule has 0 bridgehead atoms. The van der Waals surface area contributed by atoms with Gasteiger partial charge in [-0.1, -0.05) is 114 Å². The molecule has 0 fully saturated rings. The van der Waals surface area contributed by atoms with Crippen LogP contribution in [0.3, 0.4) is 0 Å². The summed E-state index contributed by atoms with van der Waals surface area (Å²) in [5.41, 5.74) is 4.63. The zero-order valence-corrected chi connectivity index (χ0v) is 26.0. The van der Waals surface area contributed by atoms with Gasteiger partial charge in [-0.15, -0.1) is 0 Å². The Morgan fingerprint density at radius 3 is 1.93 bits per heavy atom. The second-order valence-corrected chi connectivity index (χ2v) is 11.5. The lowest BCUT2D eigenvalue weighted by atomic mass is 10.0. The van der Waals surface area contributed by atoms with Crippen molar-refractivity contribution in [3.05, 3.63) is 65.1 Å². The van der Waals surface area contributed by atoms with Crippen molar-refractivity contribution in [3.63, 3.8) is 0 Å². The van der Waals surface area contributed by atoms with Crippen LogP contribution in [0.5, 0.6) is 11.5 Å². The summed E-state index contributed by atoms with van der Waals surface area (Å²) in [4.78, 5) is 12.5. The lowest BCUT2D eigenvalue weighted by molar-refractivity contribution is -0.683. The number of carbonyl (C=O) groups is 1. The van der Waals surface area contributed by atoms with E-state index < -0.39 is 0 Å². The summed E-state index contributed by atoms with van der Waals surface area (Å²) >= 11 is 1.67. The number of nitrogens with one attached hydrogen (secondary N) is 2. The fraction of sp³-hybridized carbons (Fsp3) is 0.529. The van der Waals surface area contributed by atoms with Crippen LogP contribution in [0.15, 0.2) is 59.6 Å². The zero-order valence-electron chi connectivity index (χ0n) is 25.2. The highest BCUT2D eigenvalue weighted by molar-refractivity contribution is 7.07. The first kappa shape index (κ1) is 32.5. The fourth-order valence-corrected chi connectivity index (χ4v) is 5.49. The lowest BCUT2D eigenvalue weighted by Gasteiger charge is -2.13. The van der Waals surface area contributed by atoms with E-state index in [0.29, 0.717) is 23.8 Å². The van der Waals surface area contributed by atoms with Crippen molar-refractivity contribution in [2.24, 2.45) is 0 Å². The van der Waals surface area contributed by atoms with Gasteiger partial charge >= 0.3 is 6.03 Å². The van der Waals surface area contributed by atoms with E-state index in [2.05, 4.69) is 39.2 Å². The van der Waals surface area contributed by atoms with Crippen molar-refractivity contribution < 1.29 is 18.8 Å². The molecule has 0 spiro atoms. The molecule has 0 aliphatic heterocycles. The Kier molecular flexibility index (Phi) is 15.8. The van der Waals surface area contributed by atoms with Gasteiger partial charge in [0, 0.05) is 23.0 Å². The van der Waals surface area contributed by atoms with Gasteiger partial charge in [-0.25, -0.2) is 4.79 Å². The molecule has 0 unspecified atom stereocenters. The molecule has 0 radical (unpaired) electrons. The number of hydrogen-bond donors (Lipinski definition) is 2. The van der Waals surface area contributed by atoms with E-state index >= 15 is 0 Å². The summed E-state index contributed by atoms with van der Waals surface area (Å²) in [6.45, 7) is 3.76. The third kappa shape index (κ3) is 13.4. The molecule has 3 aromatic rings. The average molecular weight is 581 g/mol. The predicted molar refractivity (Wildman–Crippen MR) is 172 cm³/mol. The van der Waals surface area contributed by atoms with Crippen molar-refractivity contribution >= 4 is 28.7 Å². The number of hydrogen-bond acceptors (Lipinski definition) is 4. The molecule has 7 heteroatoms. The van der Waals surface area contributed by atoms with E-state index in [9.17, 15) is 4.79 Å². The zero-order chi connectivity index (χ0) is 29.0. The molecular formula is C34H50N3O3S+. The molecule has 2 N–H and O–H groups in total. The van der Waals surface area contributed by atoms with Gasteiger partial charge in [0.1, 0.15) is 0 Å². The Balaban J connectivity index is 1.26. The van der Waals surface area contributed by atoms with Gasteiger partial charge < -0.3 is 20.1 Å². The van der Waals surface area contributed by atoms with Crippen LogP contribution in [0.1, 0.15) is 102 Å². The van der Waals surface area contributed by atoms with Gasteiger partial charge in [0.15, 0.2) is 24.2 Å². The van der Waals surface area contributed by atoms with E-state index in [1.165, 1.54) is 89.0 Å². The van der Waals surface area contributed by atoms with Crippen LogP contribution in [0, 0.1) is 0 Å². The maximum absolute atomic E-state index is 12.5. The number of nitrogens with zero attached hydrogens (tertiary/aromatic N) is 1. The number of aromatic nitrogens is 1. The summed E-state index contributed by atoms with van der Waals surface area (Å²) in [7, 11) is 1.62. The number of thiazole rings is 1. The van der Waals surface area contributed by atoms with Crippen molar-refractivity contribution in [3.8, 4) is 11.5 Å². The van der Waals surface area contributed by atoms with Crippen molar-refractivity contribution in [1.82, 2.24) is 0 Å². The highest BCUT2D eigenvalue weighted by Gasteiger charge is 2.09. The van der Waals surface area contributed by atoms with Crippen LogP contribution < -0.4 is 24.7 Å². The molecule has 41 heavy (non-hydrogen) atoms. The first-order chi connectivity index (χ1) is 20.2. The standard InChI is InChI=1S/C34H49N3O3S/c1-3-4-5-6-7-8-9-10-11-12-13-14-15-16-24-40-32-22-21-31(26-33(32)39-2)36-34(38)35-30-19-17-29(18-20-30)27-37-23-25-41-28-37/h17-23,25-26,28H,3-16,24,27H2,1-2H3,(H-,35,36,38)/p+1. The Bertz CT molecular complexity index is 1100. The molecule has 0 saturated heterocycles. The Labute approximate surface area is 251 Å². The summed E-state index contributed by atoms with van der Waals surface area (Å²) in [5.74, 6) is 1.32. The van der Waals surface area contributed by atoms with E-state index in [1.54, 1.807) is 24.5 Å². The van der Waals surface area contributed by atoms with Gasteiger partial charge in [-0.05, 0) is 30.7 Å². The molecule has 0 aliphatic carbocycles. The molecule has 3 rings (SSSR count). The van der Waals surface area contributed by atoms with E-state index in [0.717, 1.165) is 18.7 Å². The topological polar surface area (TPSA) is 63.5 Å². The van der Waals surface area contributed by atoms with E-state index in [-0.39, 0.29) is 6.03 Å². The minimum Gasteiger partial charge on any atom is -0.493 e. The van der Waals surface area contributed by atoms with E-state index in [4.69, 9.17) is 9.47 Å². The largest absolute Gasteiger partial charge is 0.493 e. The van der Waals surface area contributed by atoms with Crippen LogP contribution in [-0.2, 0) is 6.54 Å². The van der Waals surface area contributed by atoms with Crippen LogP contribution in [0.2, 0.25) is 0 Å². The number of amides is 2. The highest BCUT2D eigenvalue weighted by atomic mass is 32.1. The molecule has 2 aromatic carbocycles. The second kappa shape index (κ2) is 19.9. The molecular weight excluding hydrogens is 530 g/mol.